The lowest BCUT2D eigenvalue weighted by Gasteiger charge is -2.04. The van der Waals surface area contributed by atoms with Gasteiger partial charge in [0.05, 0.1) is 0 Å². The van der Waals surface area contributed by atoms with Gasteiger partial charge in [0.15, 0.2) is 0 Å². The van der Waals surface area contributed by atoms with Crippen molar-refractivity contribution in [3.8, 4) is 0 Å². The molecule has 0 amide bonds. The summed E-state index contributed by atoms with van der Waals surface area (Å²) in [5.74, 6) is 0. The van der Waals surface area contributed by atoms with E-state index in [9.17, 15) is 13.2 Å². The molecule has 1 nitrogen and oxygen atoms in total. The van der Waals surface area contributed by atoms with Crippen molar-refractivity contribution < 1.29 is 17.9 Å². The second-order valence-electron chi connectivity index (χ2n) is 1.83. The summed E-state index contributed by atoms with van der Waals surface area (Å²) < 4.78 is 38.9. The molecule has 0 unspecified atom stereocenters. The molecule has 0 saturated carbocycles. The van der Waals surface area contributed by atoms with Gasteiger partial charge in [0.25, 0.3) is 0 Å². The van der Waals surface area contributed by atoms with Crippen molar-refractivity contribution in [2.75, 3.05) is 13.2 Å². The molecule has 0 N–H and O–H groups in total. The van der Waals surface area contributed by atoms with Crippen molar-refractivity contribution in [2.24, 2.45) is 0 Å². The third-order valence-corrected chi connectivity index (χ3v) is 0.893. The van der Waals surface area contributed by atoms with Gasteiger partial charge in [-0.2, -0.15) is 13.2 Å². The van der Waals surface area contributed by atoms with Crippen LogP contribution in [0.15, 0.2) is 0 Å². The first-order chi connectivity index (χ1) is 4.56. The van der Waals surface area contributed by atoms with Crippen LogP contribution in [-0.4, -0.2) is 19.4 Å². The first-order valence-electron chi connectivity index (χ1n) is 3.00. The van der Waals surface area contributed by atoms with E-state index in [1.54, 1.807) is 0 Å². The van der Waals surface area contributed by atoms with Gasteiger partial charge in [-0.1, -0.05) is 0 Å². The first-order valence-corrected chi connectivity index (χ1v) is 3.00. The second-order valence-corrected chi connectivity index (χ2v) is 1.83. The van der Waals surface area contributed by atoms with Crippen LogP contribution in [0.25, 0.3) is 0 Å². The molecule has 0 fully saturated rings. The molecular formula is C6H10F3O. The average Bonchev–Trinajstić information content (AvgIpc) is 1.78. The molecule has 0 aliphatic rings. The molecule has 1 radical (unpaired) electrons. The highest BCUT2D eigenvalue weighted by Gasteiger charge is 2.25. The molecule has 0 aromatic heterocycles. The van der Waals surface area contributed by atoms with Gasteiger partial charge in [0, 0.05) is 19.6 Å². The van der Waals surface area contributed by atoms with Gasteiger partial charge >= 0.3 is 6.18 Å². The maximum Gasteiger partial charge on any atom is 0.389 e. The molecule has 0 heterocycles. The molecule has 0 atom stereocenters. The van der Waals surface area contributed by atoms with E-state index < -0.39 is 12.6 Å². The number of rotatable bonds is 4. The van der Waals surface area contributed by atoms with Crippen LogP contribution in [0.2, 0.25) is 0 Å². The minimum Gasteiger partial charge on any atom is -0.381 e. The number of halogens is 3. The molecular weight excluding hydrogens is 145 g/mol. The molecule has 10 heavy (non-hydrogen) atoms. The zero-order valence-electron chi connectivity index (χ0n) is 5.58. The van der Waals surface area contributed by atoms with Gasteiger partial charge in [-0.25, -0.2) is 0 Å². The van der Waals surface area contributed by atoms with Crippen LogP contribution >= 0.6 is 0 Å². The van der Waals surface area contributed by atoms with E-state index in [4.69, 9.17) is 0 Å². The quantitative estimate of drug-likeness (QED) is 0.565. The SMILES string of the molecule is [CH2]COCCCC(F)(F)F. The van der Waals surface area contributed by atoms with Crippen molar-refractivity contribution in [1.29, 1.82) is 0 Å². The monoisotopic (exact) mass is 155 g/mol. The third kappa shape index (κ3) is 7.75. The summed E-state index contributed by atoms with van der Waals surface area (Å²) in [6, 6.07) is 0. The molecule has 0 saturated heterocycles. The third-order valence-electron chi connectivity index (χ3n) is 0.893. The summed E-state index contributed by atoms with van der Waals surface area (Å²) in [6.07, 6.45) is -4.80. The van der Waals surface area contributed by atoms with Crippen LogP contribution in [0.3, 0.4) is 0 Å². The fourth-order valence-corrected chi connectivity index (χ4v) is 0.477. The Morgan fingerprint density at radius 1 is 1.30 bits per heavy atom. The predicted molar refractivity (Wildman–Crippen MR) is 31.5 cm³/mol. The number of hydrogen-bond acceptors (Lipinski definition) is 1. The van der Waals surface area contributed by atoms with Crippen LogP contribution < -0.4 is 0 Å². The smallest absolute Gasteiger partial charge is 0.381 e. The Bertz CT molecular complexity index is 79.6. The van der Waals surface area contributed by atoms with Crippen molar-refractivity contribution in [2.45, 2.75) is 19.0 Å². The molecule has 0 bridgehead atoms. The Morgan fingerprint density at radius 3 is 2.30 bits per heavy atom. The maximum absolute atomic E-state index is 11.4. The van der Waals surface area contributed by atoms with Crippen molar-refractivity contribution in [3.63, 3.8) is 0 Å². The highest BCUT2D eigenvalue weighted by atomic mass is 19.4. The lowest BCUT2D eigenvalue weighted by Crippen LogP contribution is -2.08. The van der Waals surface area contributed by atoms with E-state index in [0.717, 1.165) is 0 Å². The lowest BCUT2D eigenvalue weighted by atomic mass is 10.3. The summed E-state index contributed by atoms with van der Waals surface area (Å²) >= 11 is 0. The first kappa shape index (κ1) is 9.75. The van der Waals surface area contributed by atoms with Gasteiger partial charge < -0.3 is 4.74 Å². The van der Waals surface area contributed by atoms with Crippen LogP contribution in [0.5, 0.6) is 0 Å². The van der Waals surface area contributed by atoms with Gasteiger partial charge in [0.2, 0.25) is 0 Å². The normalized spacial score (nSPS) is 12.0. The van der Waals surface area contributed by atoms with Crippen molar-refractivity contribution in [1.82, 2.24) is 0 Å². The lowest BCUT2D eigenvalue weighted by molar-refractivity contribution is -0.137. The molecule has 4 heteroatoms. The second kappa shape index (κ2) is 4.55. The van der Waals surface area contributed by atoms with Gasteiger partial charge in [-0.15, -0.1) is 0 Å². The zero-order valence-corrected chi connectivity index (χ0v) is 5.58. The average molecular weight is 155 g/mol. The van der Waals surface area contributed by atoms with E-state index in [0.29, 0.717) is 0 Å². The Kier molecular flexibility index (Phi) is 4.43. The van der Waals surface area contributed by atoms with Crippen LogP contribution in [0.1, 0.15) is 12.8 Å². The largest absolute Gasteiger partial charge is 0.389 e. The molecule has 0 aliphatic carbocycles. The standard InChI is InChI=1S/C6H10F3O/c1-2-10-5-3-4-6(7,8)9/h1-5H2. The highest BCUT2D eigenvalue weighted by Crippen LogP contribution is 2.20. The van der Waals surface area contributed by atoms with Gasteiger partial charge in [0.1, 0.15) is 0 Å². The zero-order chi connectivity index (χ0) is 8.04. The summed E-state index contributed by atoms with van der Waals surface area (Å²) in [7, 11) is 0. The van der Waals surface area contributed by atoms with E-state index in [1.165, 1.54) is 0 Å². The fourth-order valence-electron chi connectivity index (χ4n) is 0.477. The minimum absolute atomic E-state index is 0.0268. The Hall–Kier alpha value is -0.250. The van der Waals surface area contributed by atoms with Crippen LogP contribution in [0.4, 0.5) is 13.2 Å². The van der Waals surface area contributed by atoms with E-state index >= 15 is 0 Å². The van der Waals surface area contributed by atoms with Gasteiger partial charge in [-0.05, 0) is 13.3 Å². The van der Waals surface area contributed by atoms with Crippen LogP contribution in [0, 0.1) is 6.92 Å². The van der Waals surface area contributed by atoms with E-state index in [2.05, 4.69) is 11.7 Å². The van der Waals surface area contributed by atoms with Gasteiger partial charge in [-0.3, -0.25) is 0 Å². The van der Waals surface area contributed by atoms with Crippen LogP contribution in [-0.2, 0) is 4.74 Å². The Balaban J connectivity index is 3.04. The highest BCUT2D eigenvalue weighted by molar-refractivity contribution is 4.49. The summed E-state index contributed by atoms with van der Waals surface area (Å²) in [6.45, 7) is 3.69. The maximum atomic E-state index is 11.4. The minimum atomic E-state index is -4.05. The molecule has 61 valence electrons. The summed E-state index contributed by atoms with van der Waals surface area (Å²) in [5.41, 5.74) is 0. The summed E-state index contributed by atoms with van der Waals surface area (Å²) in [4.78, 5) is 0. The van der Waals surface area contributed by atoms with Crippen molar-refractivity contribution in [3.05, 3.63) is 6.92 Å². The molecule has 0 spiro atoms. The van der Waals surface area contributed by atoms with E-state index in [-0.39, 0.29) is 19.6 Å². The fraction of sp³-hybridized carbons (Fsp3) is 0.833. The molecule has 0 rings (SSSR count). The predicted octanol–water partition coefficient (Wildman–Crippen LogP) is 2.18. The molecule has 0 aromatic rings. The molecule has 0 aromatic carbocycles. The van der Waals surface area contributed by atoms with E-state index in [1.807, 2.05) is 0 Å². The topological polar surface area (TPSA) is 9.23 Å². The Morgan fingerprint density at radius 2 is 1.90 bits per heavy atom. The summed E-state index contributed by atoms with van der Waals surface area (Å²) in [5, 5.41) is 0. The number of hydrogen-bond donors (Lipinski definition) is 0. The van der Waals surface area contributed by atoms with Crippen molar-refractivity contribution >= 4 is 0 Å². The Labute approximate surface area is 58.2 Å². The number of ether oxygens (including phenoxy) is 1. The number of alkyl halides is 3. The molecule has 0 aliphatic heterocycles.